The molecule has 4 heteroatoms. The summed E-state index contributed by atoms with van der Waals surface area (Å²) in [6.45, 7) is 4.44. The highest BCUT2D eigenvalue weighted by molar-refractivity contribution is 9.09. The smallest absolute Gasteiger partial charge is 0.408 e. The Labute approximate surface area is 121 Å². The molecule has 1 heterocycles. The molecule has 1 aromatic heterocycles. The summed E-state index contributed by atoms with van der Waals surface area (Å²) in [6, 6.07) is 5.93. The lowest BCUT2D eigenvalue weighted by molar-refractivity contribution is 0.446. The summed E-state index contributed by atoms with van der Waals surface area (Å²) in [6.07, 6.45) is 4.84. The number of aromatic nitrogens is 1. The molecule has 1 aromatic carbocycles. The number of rotatable bonds is 6. The molecule has 0 saturated heterocycles. The topological polar surface area (TPSA) is 46.0 Å². The maximum absolute atomic E-state index is 11.2. The number of benzene rings is 1. The van der Waals surface area contributed by atoms with E-state index in [9.17, 15) is 4.79 Å². The first-order valence-corrected chi connectivity index (χ1v) is 7.84. The van der Waals surface area contributed by atoms with E-state index in [2.05, 4.69) is 40.8 Å². The van der Waals surface area contributed by atoms with E-state index in [0.717, 1.165) is 11.9 Å². The summed E-state index contributed by atoms with van der Waals surface area (Å²) in [5.41, 5.74) is 2.57. The highest BCUT2D eigenvalue weighted by Crippen LogP contribution is 2.37. The predicted molar refractivity (Wildman–Crippen MR) is 81.8 cm³/mol. The fourth-order valence-electron chi connectivity index (χ4n) is 2.43. The number of H-pyrrole nitrogens is 1. The van der Waals surface area contributed by atoms with Crippen LogP contribution in [-0.2, 0) is 0 Å². The Balaban J connectivity index is 2.23. The van der Waals surface area contributed by atoms with E-state index in [0.29, 0.717) is 16.3 Å². The van der Waals surface area contributed by atoms with E-state index in [-0.39, 0.29) is 0 Å². The summed E-state index contributed by atoms with van der Waals surface area (Å²) in [5.74, 6) is 0.222. The fourth-order valence-corrected chi connectivity index (χ4v) is 3.35. The summed E-state index contributed by atoms with van der Waals surface area (Å²) in [7, 11) is 0. The van der Waals surface area contributed by atoms with Crippen LogP contribution in [-0.4, -0.2) is 4.98 Å². The van der Waals surface area contributed by atoms with Crippen LogP contribution < -0.4 is 5.76 Å². The van der Waals surface area contributed by atoms with Crippen molar-refractivity contribution >= 4 is 27.0 Å². The molecule has 104 valence electrons. The largest absolute Gasteiger partial charge is 0.417 e. The number of nitrogens with one attached hydrogen (secondary N) is 1. The first-order valence-electron chi connectivity index (χ1n) is 6.92. The SMILES string of the molecule is CCCCC(CC)C(Br)c1ccc2[nH]c(=O)oc2c1. The standard InChI is InChI=1S/C15H20BrNO2/c1-3-5-6-10(4-2)14(16)11-7-8-12-13(9-11)19-15(18)17-12/h7-10,14H,3-6H2,1-2H3,(H,17,18). The Morgan fingerprint density at radius 1 is 1.37 bits per heavy atom. The molecule has 19 heavy (non-hydrogen) atoms. The molecule has 0 spiro atoms. The van der Waals surface area contributed by atoms with Gasteiger partial charge in [0.15, 0.2) is 5.58 Å². The van der Waals surface area contributed by atoms with Gasteiger partial charge in [0.25, 0.3) is 0 Å². The summed E-state index contributed by atoms with van der Waals surface area (Å²) in [5, 5.41) is 0. The van der Waals surface area contributed by atoms with E-state index >= 15 is 0 Å². The minimum absolute atomic E-state index is 0.314. The molecular formula is C15H20BrNO2. The maximum Gasteiger partial charge on any atom is 0.417 e. The third-order valence-electron chi connectivity index (χ3n) is 3.63. The van der Waals surface area contributed by atoms with Crippen LogP contribution in [0.3, 0.4) is 0 Å². The minimum atomic E-state index is -0.392. The Bertz CT molecular complexity index is 587. The Morgan fingerprint density at radius 2 is 2.16 bits per heavy atom. The van der Waals surface area contributed by atoms with Gasteiger partial charge in [0.05, 0.1) is 5.52 Å². The monoisotopic (exact) mass is 325 g/mol. The van der Waals surface area contributed by atoms with E-state index < -0.39 is 5.76 Å². The summed E-state index contributed by atoms with van der Waals surface area (Å²) in [4.78, 5) is 14.1. The highest BCUT2D eigenvalue weighted by Gasteiger charge is 2.19. The number of fused-ring (bicyclic) bond motifs is 1. The predicted octanol–water partition coefficient (Wildman–Crippen LogP) is 4.77. The molecule has 0 amide bonds. The van der Waals surface area contributed by atoms with Gasteiger partial charge in [-0.05, 0) is 30.0 Å². The summed E-state index contributed by atoms with van der Waals surface area (Å²) < 4.78 is 5.12. The van der Waals surface area contributed by atoms with Crippen LogP contribution in [0.2, 0.25) is 0 Å². The van der Waals surface area contributed by atoms with Gasteiger partial charge in [-0.25, -0.2) is 4.79 Å². The first kappa shape index (κ1) is 14.4. The number of alkyl halides is 1. The van der Waals surface area contributed by atoms with Gasteiger partial charge in [0, 0.05) is 4.83 Å². The van der Waals surface area contributed by atoms with Gasteiger partial charge in [0.2, 0.25) is 0 Å². The van der Waals surface area contributed by atoms with E-state index in [1.165, 1.54) is 24.8 Å². The first-order chi connectivity index (χ1) is 9.15. The van der Waals surface area contributed by atoms with Crippen molar-refractivity contribution in [3.8, 4) is 0 Å². The number of hydrogen-bond acceptors (Lipinski definition) is 2. The van der Waals surface area contributed by atoms with Crippen molar-refractivity contribution < 1.29 is 4.42 Å². The lowest BCUT2D eigenvalue weighted by Crippen LogP contribution is -2.06. The van der Waals surface area contributed by atoms with Crippen molar-refractivity contribution in [2.45, 2.75) is 44.4 Å². The second kappa shape index (κ2) is 6.42. The van der Waals surface area contributed by atoms with E-state index in [1.807, 2.05) is 12.1 Å². The van der Waals surface area contributed by atoms with Crippen molar-refractivity contribution in [3.05, 3.63) is 34.3 Å². The van der Waals surface area contributed by atoms with Gasteiger partial charge in [-0.2, -0.15) is 0 Å². The number of aromatic amines is 1. The molecule has 0 radical (unpaired) electrons. The number of unbranched alkanes of at least 4 members (excludes halogenated alkanes) is 1. The van der Waals surface area contributed by atoms with E-state index in [4.69, 9.17) is 4.42 Å². The number of oxazole rings is 1. The van der Waals surface area contributed by atoms with Crippen LogP contribution in [0.25, 0.3) is 11.1 Å². The van der Waals surface area contributed by atoms with Gasteiger partial charge in [-0.15, -0.1) is 0 Å². The molecule has 0 aliphatic carbocycles. The normalized spacial score (nSPS) is 14.7. The third kappa shape index (κ3) is 3.30. The molecule has 1 N–H and O–H groups in total. The number of halogens is 1. The van der Waals surface area contributed by atoms with Crippen LogP contribution >= 0.6 is 15.9 Å². The third-order valence-corrected chi connectivity index (χ3v) is 4.91. The molecule has 2 aromatic rings. The Kier molecular flexibility index (Phi) is 4.86. The quantitative estimate of drug-likeness (QED) is 0.777. The van der Waals surface area contributed by atoms with Gasteiger partial charge in [-0.1, -0.05) is 55.1 Å². The zero-order chi connectivity index (χ0) is 13.8. The molecule has 2 unspecified atom stereocenters. The van der Waals surface area contributed by atoms with Crippen molar-refractivity contribution in [1.82, 2.24) is 4.98 Å². The minimum Gasteiger partial charge on any atom is -0.408 e. The molecular weight excluding hydrogens is 306 g/mol. The zero-order valence-electron chi connectivity index (χ0n) is 11.4. The van der Waals surface area contributed by atoms with Gasteiger partial charge < -0.3 is 4.42 Å². The van der Waals surface area contributed by atoms with E-state index in [1.54, 1.807) is 0 Å². The highest BCUT2D eigenvalue weighted by atomic mass is 79.9. The van der Waals surface area contributed by atoms with Crippen LogP contribution in [0.5, 0.6) is 0 Å². The second-order valence-electron chi connectivity index (χ2n) is 4.98. The molecule has 3 nitrogen and oxygen atoms in total. The maximum atomic E-state index is 11.2. The summed E-state index contributed by atoms with van der Waals surface area (Å²) >= 11 is 3.81. The van der Waals surface area contributed by atoms with Crippen molar-refractivity contribution in [2.75, 3.05) is 0 Å². The van der Waals surface area contributed by atoms with Gasteiger partial charge >= 0.3 is 5.76 Å². The lowest BCUT2D eigenvalue weighted by atomic mass is 9.92. The number of hydrogen-bond donors (Lipinski definition) is 1. The molecule has 0 fully saturated rings. The van der Waals surface area contributed by atoms with Crippen molar-refractivity contribution in [2.24, 2.45) is 5.92 Å². The zero-order valence-corrected chi connectivity index (χ0v) is 13.0. The van der Waals surface area contributed by atoms with Gasteiger partial charge in [0.1, 0.15) is 0 Å². The van der Waals surface area contributed by atoms with Crippen LogP contribution in [0, 0.1) is 5.92 Å². The van der Waals surface area contributed by atoms with Crippen molar-refractivity contribution in [3.63, 3.8) is 0 Å². The molecule has 0 saturated carbocycles. The van der Waals surface area contributed by atoms with Crippen molar-refractivity contribution in [1.29, 1.82) is 0 Å². The fraction of sp³-hybridized carbons (Fsp3) is 0.533. The lowest BCUT2D eigenvalue weighted by Gasteiger charge is -2.21. The molecule has 0 aliphatic rings. The van der Waals surface area contributed by atoms with Gasteiger partial charge in [-0.3, -0.25) is 4.98 Å². The molecule has 2 rings (SSSR count). The van der Waals surface area contributed by atoms with Crippen LogP contribution in [0.15, 0.2) is 27.4 Å². The Morgan fingerprint density at radius 3 is 2.84 bits per heavy atom. The average Bonchev–Trinajstić information content (AvgIpc) is 2.78. The molecule has 0 bridgehead atoms. The molecule has 2 atom stereocenters. The Hall–Kier alpha value is -1.03. The second-order valence-corrected chi connectivity index (χ2v) is 5.97. The molecule has 0 aliphatic heterocycles. The van der Waals surface area contributed by atoms with Crippen LogP contribution in [0.4, 0.5) is 0 Å². The van der Waals surface area contributed by atoms with Crippen LogP contribution in [0.1, 0.15) is 49.9 Å². The average molecular weight is 326 g/mol.